The second-order valence-electron chi connectivity index (χ2n) is 8.18. The molecule has 0 aliphatic heterocycles. The fraction of sp³-hybridized carbons (Fsp3) is 0.292. The van der Waals surface area contributed by atoms with Gasteiger partial charge in [0.05, 0.1) is 26.7 Å². The average Bonchev–Trinajstić information content (AvgIpc) is 2.76. The van der Waals surface area contributed by atoms with E-state index in [0.717, 1.165) is 54.3 Å². The van der Waals surface area contributed by atoms with Crippen molar-refractivity contribution in [1.82, 2.24) is 4.98 Å². The molecule has 33 heavy (non-hydrogen) atoms. The van der Waals surface area contributed by atoms with Gasteiger partial charge in [-0.05, 0) is 68.5 Å². The van der Waals surface area contributed by atoms with Crippen molar-refractivity contribution in [3.8, 4) is 0 Å². The molecule has 3 aromatic rings. The fourth-order valence-corrected chi connectivity index (χ4v) is 4.80. The van der Waals surface area contributed by atoms with E-state index in [-0.39, 0.29) is 15.6 Å². The molecule has 1 aliphatic rings. The number of hydrogen-bond donors (Lipinski definition) is 1. The van der Waals surface area contributed by atoms with Gasteiger partial charge in [0.25, 0.3) is 5.91 Å². The molecule has 1 heterocycles. The Morgan fingerprint density at radius 1 is 1.12 bits per heavy atom. The summed E-state index contributed by atoms with van der Waals surface area (Å²) in [6, 6.07) is 9.75. The summed E-state index contributed by atoms with van der Waals surface area (Å²) < 4.78 is 28.9. The van der Waals surface area contributed by atoms with E-state index in [1.165, 1.54) is 18.2 Å². The number of benzene rings is 2. The highest BCUT2D eigenvalue weighted by Gasteiger charge is 2.24. The molecule has 0 fully saturated rings. The van der Waals surface area contributed by atoms with Crippen LogP contribution in [0.1, 0.15) is 40.0 Å². The standard InChI is InChI=1S/C24H23ClN2O5S/c1-14-7-10-20-17(11-14)23(16-5-3-4-6-19(16)26-20)24(29)32-13-22(28)27-21-12-15(33(2,30)31)8-9-18(21)25/h7-12H,3-6,13H2,1-2H3,(H,27,28). The lowest BCUT2D eigenvalue weighted by Gasteiger charge is -2.20. The van der Waals surface area contributed by atoms with Gasteiger partial charge >= 0.3 is 5.97 Å². The zero-order valence-corrected chi connectivity index (χ0v) is 19.8. The minimum absolute atomic E-state index is 0.0180. The number of carbonyl (C=O) groups excluding carboxylic acids is 2. The second kappa shape index (κ2) is 9.11. The summed E-state index contributed by atoms with van der Waals surface area (Å²) in [5, 5.41) is 3.40. The number of fused-ring (bicyclic) bond motifs is 2. The van der Waals surface area contributed by atoms with E-state index in [2.05, 4.69) is 5.32 Å². The summed E-state index contributed by atoms with van der Waals surface area (Å²) in [5.41, 5.74) is 4.09. The molecule has 9 heteroatoms. The van der Waals surface area contributed by atoms with E-state index in [4.69, 9.17) is 21.3 Å². The molecule has 4 rings (SSSR count). The van der Waals surface area contributed by atoms with E-state index in [0.29, 0.717) is 10.9 Å². The number of halogens is 1. The minimum Gasteiger partial charge on any atom is -0.452 e. The second-order valence-corrected chi connectivity index (χ2v) is 10.6. The van der Waals surface area contributed by atoms with Gasteiger partial charge < -0.3 is 10.1 Å². The first kappa shape index (κ1) is 23.2. The van der Waals surface area contributed by atoms with Crippen molar-refractivity contribution in [2.45, 2.75) is 37.5 Å². The highest BCUT2D eigenvalue weighted by Crippen LogP contribution is 2.30. The first-order valence-electron chi connectivity index (χ1n) is 10.5. The maximum absolute atomic E-state index is 13.1. The van der Waals surface area contributed by atoms with Crippen molar-refractivity contribution in [3.63, 3.8) is 0 Å². The zero-order chi connectivity index (χ0) is 23.8. The molecule has 1 amide bonds. The Labute approximate surface area is 197 Å². The predicted molar refractivity (Wildman–Crippen MR) is 127 cm³/mol. The highest BCUT2D eigenvalue weighted by atomic mass is 35.5. The Kier molecular flexibility index (Phi) is 6.41. The van der Waals surface area contributed by atoms with Gasteiger partial charge in [-0.2, -0.15) is 0 Å². The summed E-state index contributed by atoms with van der Waals surface area (Å²) in [6.45, 7) is 1.40. The third-order valence-corrected chi connectivity index (χ3v) is 7.04. The van der Waals surface area contributed by atoms with Crippen LogP contribution in [0.4, 0.5) is 5.69 Å². The molecule has 2 aromatic carbocycles. The lowest BCUT2D eigenvalue weighted by atomic mass is 9.89. The number of anilines is 1. The Hall–Kier alpha value is -2.97. The van der Waals surface area contributed by atoms with Gasteiger partial charge in [-0.3, -0.25) is 9.78 Å². The van der Waals surface area contributed by atoms with Gasteiger partial charge in [-0.1, -0.05) is 23.2 Å². The normalized spacial score (nSPS) is 13.4. The molecule has 0 saturated heterocycles. The summed E-state index contributed by atoms with van der Waals surface area (Å²) >= 11 is 6.08. The molecule has 172 valence electrons. The quantitative estimate of drug-likeness (QED) is 0.540. The molecule has 0 atom stereocenters. The number of hydrogen-bond acceptors (Lipinski definition) is 6. The van der Waals surface area contributed by atoms with Crippen molar-refractivity contribution in [2.75, 3.05) is 18.2 Å². The summed E-state index contributed by atoms with van der Waals surface area (Å²) in [6.07, 6.45) is 4.57. The largest absolute Gasteiger partial charge is 0.452 e. The Balaban J connectivity index is 1.56. The lowest BCUT2D eigenvalue weighted by molar-refractivity contribution is -0.119. The number of pyridine rings is 1. The van der Waals surface area contributed by atoms with Crippen LogP contribution in [0.2, 0.25) is 5.02 Å². The van der Waals surface area contributed by atoms with E-state index in [1.54, 1.807) is 0 Å². The molecule has 0 bridgehead atoms. The topological polar surface area (TPSA) is 102 Å². The molecule has 1 N–H and O–H groups in total. The SMILES string of the molecule is Cc1ccc2nc3c(c(C(=O)OCC(=O)Nc4cc(S(C)(=O)=O)ccc4Cl)c2c1)CCCC3. The highest BCUT2D eigenvalue weighted by molar-refractivity contribution is 7.90. The smallest absolute Gasteiger partial charge is 0.339 e. The number of nitrogens with zero attached hydrogens (tertiary/aromatic N) is 1. The van der Waals surface area contributed by atoms with Crippen molar-refractivity contribution in [3.05, 3.63) is 63.8 Å². The monoisotopic (exact) mass is 486 g/mol. The third kappa shape index (κ3) is 5.02. The summed E-state index contributed by atoms with van der Waals surface area (Å²) in [7, 11) is -3.47. The van der Waals surface area contributed by atoms with Crippen molar-refractivity contribution in [1.29, 1.82) is 0 Å². The number of sulfone groups is 1. The van der Waals surface area contributed by atoms with Crippen LogP contribution in [-0.2, 0) is 32.2 Å². The van der Waals surface area contributed by atoms with Gasteiger partial charge in [-0.25, -0.2) is 13.2 Å². The van der Waals surface area contributed by atoms with E-state index in [9.17, 15) is 18.0 Å². The average molecular weight is 487 g/mol. The fourth-order valence-electron chi connectivity index (χ4n) is 3.99. The first-order chi connectivity index (χ1) is 15.6. The van der Waals surface area contributed by atoms with Crippen molar-refractivity contribution < 1.29 is 22.7 Å². The minimum atomic E-state index is -3.47. The van der Waals surface area contributed by atoms with Crippen molar-refractivity contribution >= 4 is 49.9 Å². The van der Waals surface area contributed by atoms with Crippen LogP contribution in [0, 0.1) is 6.92 Å². The predicted octanol–water partition coefficient (Wildman–Crippen LogP) is 4.27. The van der Waals surface area contributed by atoms with Gasteiger partial charge in [0, 0.05) is 17.3 Å². The first-order valence-corrected chi connectivity index (χ1v) is 12.8. The number of esters is 1. The van der Waals surface area contributed by atoms with Crippen LogP contribution in [0.5, 0.6) is 0 Å². The summed E-state index contributed by atoms with van der Waals surface area (Å²) in [5.74, 6) is -1.21. The molecule has 0 saturated carbocycles. The molecule has 0 spiro atoms. The summed E-state index contributed by atoms with van der Waals surface area (Å²) in [4.78, 5) is 30.3. The van der Waals surface area contributed by atoms with E-state index in [1.807, 2.05) is 25.1 Å². The van der Waals surface area contributed by atoms with Crippen LogP contribution in [-0.4, -0.2) is 38.1 Å². The molecular weight excluding hydrogens is 464 g/mol. The molecule has 0 unspecified atom stereocenters. The molecule has 1 aromatic heterocycles. The van der Waals surface area contributed by atoms with Gasteiger partial charge in [0.15, 0.2) is 16.4 Å². The number of rotatable bonds is 5. The Bertz CT molecular complexity index is 1390. The van der Waals surface area contributed by atoms with E-state index >= 15 is 0 Å². The lowest BCUT2D eigenvalue weighted by Crippen LogP contribution is -2.23. The van der Waals surface area contributed by atoms with Gasteiger partial charge in [0.1, 0.15) is 0 Å². The van der Waals surface area contributed by atoms with Gasteiger partial charge in [0.2, 0.25) is 0 Å². The van der Waals surface area contributed by atoms with E-state index < -0.39 is 28.3 Å². The third-order valence-electron chi connectivity index (χ3n) is 5.60. The maximum atomic E-state index is 13.1. The number of aryl methyl sites for hydroxylation is 2. The molecule has 1 aliphatic carbocycles. The number of amides is 1. The maximum Gasteiger partial charge on any atom is 0.339 e. The van der Waals surface area contributed by atoms with Crippen LogP contribution in [0.25, 0.3) is 10.9 Å². The zero-order valence-electron chi connectivity index (χ0n) is 18.3. The molecular formula is C24H23ClN2O5S. The van der Waals surface area contributed by atoms with Crippen LogP contribution in [0.15, 0.2) is 41.3 Å². The Morgan fingerprint density at radius 2 is 1.88 bits per heavy atom. The number of aromatic nitrogens is 1. The van der Waals surface area contributed by atoms with Crippen molar-refractivity contribution in [2.24, 2.45) is 0 Å². The number of carbonyl (C=O) groups is 2. The van der Waals surface area contributed by atoms with Crippen LogP contribution >= 0.6 is 11.6 Å². The number of ether oxygens (including phenoxy) is 1. The van der Waals surface area contributed by atoms with Gasteiger partial charge in [-0.15, -0.1) is 0 Å². The number of nitrogens with one attached hydrogen (secondary N) is 1. The van der Waals surface area contributed by atoms with Crippen LogP contribution in [0.3, 0.4) is 0 Å². The molecule has 7 nitrogen and oxygen atoms in total. The molecule has 0 radical (unpaired) electrons. The van der Waals surface area contributed by atoms with Crippen LogP contribution < -0.4 is 5.32 Å². The Morgan fingerprint density at radius 3 is 2.64 bits per heavy atom.